The molecule has 0 aliphatic heterocycles. The molecule has 0 N–H and O–H groups in total. The van der Waals surface area contributed by atoms with Crippen molar-refractivity contribution < 1.29 is 104 Å². The molecule has 0 aliphatic carbocycles. The third-order valence-corrected chi connectivity index (χ3v) is 7.91. The second-order valence-corrected chi connectivity index (χ2v) is 13.2. The Hall–Kier alpha value is -1.59. The molecule has 0 saturated carbocycles. The van der Waals surface area contributed by atoms with Gasteiger partial charge in [0.2, 0.25) is 0 Å². The first-order valence-corrected chi connectivity index (χ1v) is 23.6. The summed E-state index contributed by atoms with van der Waals surface area (Å²) in [4.78, 5) is 10.9. The lowest BCUT2D eigenvalue weighted by Gasteiger charge is -2.09. The Morgan fingerprint density at radius 2 is 0.358 bits per heavy atom. The van der Waals surface area contributed by atoms with E-state index < -0.39 is 5.97 Å². The Kier molecular flexibility index (Phi) is 60.9. The summed E-state index contributed by atoms with van der Waals surface area (Å²) in [7, 11) is 0. The number of hydrogen-bond acceptors (Lipinski definition) is 22. The van der Waals surface area contributed by atoms with Gasteiger partial charge in [-0.1, -0.05) is 6.58 Å². The van der Waals surface area contributed by atoms with Crippen molar-refractivity contribution in [2.45, 2.75) is 6.92 Å². The zero-order chi connectivity index (χ0) is 48.1. The van der Waals surface area contributed by atoms with Crippen LogP contribution in [-0.4, -0.2) is 277 Å². The van der Waals surface area contributed by atoms with Crippen LogP contribution < -0.4 is 0 Å². The van der Waals surface area contributed by atoms with E-state index in [-0.39, 0.29) is 6.61 Å². The third-order valence-electron chi connectivity index (χ3n) is 7.91. The molecule has 67 heavy (non-hydrogen) atoms. The smallest absolute Gasteiger partial charge is 0.330 e. The van der Waals surface area contributed by atoms with Gasteiger partial charge in [0, 0.05) is 12.7 Å². The Morgan fingerprint density at radius 3 is 0.478 bits per heavy atom. The van der Waals surface area contributed by atoms with Gasteiger partial charge in [-0.25, -0.2) is 4.79 Å². The van der Waals surface area contributed by atoms with Gasteiger partial charge in [-0.3, -0.25) is 0 Å². The predicted octanol–water partition coefficient (Wildman–Crippen LogP) is 1.07. The van der Waals surface area contributed by atoms with Crippen LogP contribution in [-0.2, 0) is 104 Å². The molecular formula is C45H88O22. The zero-order valence-electron chi connectivity index (χ0n) is 40.8. The lowest BCUT2D eigenvalue weighted by atomic mass is 10.6. The van der Waals surface area contributed by atoms with Crippen LogP contribution in [0.25, 0.3) is 0 Å². The van der Waals surface area contributed by atoms with Crippen LogP contribution in [0.1, 0.15) is 6.92 Å². The summed E-state index contributed by atoms with van der Waals surface area (Å²) in [6, 6.07) is 0. The molecule has 0 radical (unpaired) electrons. The monoisotopic (exact) mass is 981 g/mol. The molecule has 0 saturated heterocycles. The lowest BCUT2D eigenvalue weighted by molar-refractivity contribution is -0.139. The van der Waals surface area contributed by atoms with Gasteiger partial charge in [0.1, 0.15) is 6.61 Å². The van der Waals surface area contributed by atoms with Crippen molar-refractivity contribution >= 4 is 5.97 Å². The van der Waals surface area contributed by atoms with E-state index in [1.807, 2.05) is 6.92 Å². The van der Waals surface area contributed by atoms with Crippen LogP contribution in [0.5, 0.6) is 0 Å². The molecule has 0 aromatic heterocycles. The van der Waals surface area contributed by atoms with Gasteiger partial charge in [-0.2, -0.15) is 0 Å². The van der Waals surface area contributed by atoms with E-state index in [1.165, 1.54) is 0 Å². The minimum absolute atomic E-state index is 0.192. The summed E-state index contributed by atoms with van der Waals surface area (Å²) in [5.74, 6) is -0.464. The fraction of sp³-hybridized carbons (Fsp3) is 0.933. The first-order chi connectivity index (χ1) is 33.3. The number of rotatable bonds is 62. The highest BCUT2D eigenvalue weighted by molar-refractivity contribution is 5.81. The first-order valence-electron chi connectivity index (χ1n) is 23.6. The summed E-state index contributed by atoms with van der Waals surface area (Å²) < 4.78 is 114. The Labute approximate surface area is 400 Å². The van der Waals surface area contributed by atoms with E-state index in [9.17, 15) is 4.79 Å². The highest BCUT2D eigenvalue weighted by Crippen LogP contribution is 1.90. The van der Waals surface area contributed by atoms with Crippen LogP contribution in [0.2, 0.25) is 0 Å². The fourth-order valence-corrected chi connectivity index (χ4v) is 4.58. The maximum absolute atomic E-state index is 10.9. The summed E-state index contributed by atoms with van der Waals surface area (Å²) in [6.45, 7) is 25.3. The van der Waals surface area contributed by atoms with Crippen LogP contribution in [0, 0.1) is 0 Å². The van der Waals surface area contributed by atoms with Crippen LogP contribution >= 0.6 is 0 Å². The molecule has 0 aliphatic rings. The van der Waals surface area contributed by atoms with Crippen molar-refractivity contribution in [3.05, 3.63) is 12.7 Å². The molecule has 0 aromatic carbocycles. The van der Waals surface area contributed by atoms with Crippen LogP contribution in [0.15, 0.2) is 12.7 Å². The van der Waals surface area contributed by atoms with Crippen molar-refractivity contribution in [3.8, 4) is 0 Å². The molecule has 22 heteroatoms. The molecule has 0 rings (SSSR count). The van der Waals surface area contributed by atoms with E-state index in [4.69, 9.17) is 99.5 Å². The van der Waals surface area contributed by atoms with Gasteiger partial charge < -0.3 is 99.5 Å². The number of carbonyl (C=O) groups excluding carboxylic acids is 1. The van der Waals surface area contributed by atoms with E-state index in [0.29, 0.717) is 264 Å². The molecule has 400 valence electrons. The minimum atomic E-state index is -0.464. The van der Waals surface area contributed by atoms with Gasteiger partial charge >= 0.3 is 5.97 Å². The van der Waals surface area contributed by atoms with Crippen molar-refractivity contribution in [1.82, 2.24) is 0 Å². The quantitative estimate of drug-likeness (QED) is 0.0474. The summed E-state index contributed by atoms with van der Waals surface area (Å²) in [5.41, 5.74) is 0. The molecule has 0 fully saturated rings. The second kappa shape index (κ2) is 62.4. The largest absolute Gasteiger partial charge is 0.460 e. The topological polar surface area (TPSA) is 211 Å². The molecule has 0 heterocycles. The minimum Gasteiger partial charge on any atom is -0.460 e. The van der Waals surface area contributed by atoms with Gasteiger partial charge in [-0.15, -0.1) is 0 Å². The first kappa shape index (κ1) is 65.4. The Balaban J connectivity index is 3.07. The van der Waals surface area contributed by atoms with Crippen LogP contribution in [0.4, 0.5) is 0 Å². The van der Waals surface area contributed by atoms with Crippen molar-refractivity contribution in [1.29, 1.82) is 0 Å². The van der Waals surface area contributed by atoms with Crippen molar-refractivity contribution in [3.63, 3.8) is 0 Å². The lowest BCUT2D eigenvalue weighted by Crippen LogP contribution is -2.16. The molecule has 0 amide bonds. The van der Waals surface area contributed by atoms with Gasteiger partial charge in [0.15, 0.2) is 0 Å². The molecule has 0 aromatic rings. The summed E-state index contributed by atoms with van der Waals surface area (Å²) >= 11 is 0. The number of ether oxygens (including phenoxy) is 21. The predicted molar refractivity (Wildman–Crippen MR) is 243 cm³/mol. The Bertz CT molecular complexity index is 928. The molecule has 0 atom stereocenters. The highest BCUT2D eigenvalue weighted by Gasteiger charge is 2.00. The molecule has 0 unspecified atom stereocenters. The van der Waals surface area contributed by atoms with Gasteiger partial charge in [0.05, 0.1) is 258 Å². The molecule has 22 nitrogen and oxygen atoms in total. The van der Waals surface area contributed by atoms with E-state index in [2.05, 4.69) is 6.58 Å². The average molecular weight is 981 g/mol. The molecule has 0 bridgehead atoms. The van der Waals surface area contributed by atoms with Gasteiger partial charge in [0.25, 0.3) is 0 Å². The standard InChI is InChI=1S/C45H88O22/c1-3-45(46)67-44-43-66-42-41-65-40-39-64-38-37-63-36-35-62-34-33-61-32-31-60-30-29-59-28-27-58-26-25-57-24-23-56-22-21-55-20-19-54-18-17-53-16-15-52-14-13-51-12-11-50-10-9-49-8-7-48-6-5-47-4-2/h3H,1,4-44H2,2H3. The SMILES string of the molecule is C=CC(=O)OCCOCCOCCOCCOCCOCCOCCOCCOCCOCCOCCOCCOCCOCCOCCOCCOCCOCCOCCOCCOCC. The Morgan fingerprint density at radius 1 is 0.239 bits per heavy atom. The molecule has 0 spiro atoms. The summed E-state index contributed by atoms with van der Waals surface area (Å²) in [6.07, 6.45) is 1.11. The summed E-state index contributed by atoms with van der Waals surface area (Å²) in [5, 5.41) is 0. The van der Waals surface area contributed by atoms with Crippen molar-refractivity contribution in [2.75, 3.05) is 271 Å². The molecular weight excluding hydrogens is 892 g/mol. The maximum atomic E-state index is 10.9. The number of carbonyl (C=O) groups is 1. The average Bonchev–Trinajstić information content (AvgIpc) is 3.34. The number of hydrogen-bond donors (Lipinski definition) is 0. The van der Waals surface area contributed by atoms with Gasteiger partial charge in [-0.05, 0) is 6.92 Å². The van der Waals surface area contributed by atoms with Crippen LogP contribution in [0.3, 0.4) is 0 Å². The van der Waals surface area contributed by atoms with E-state index in [1.54, 1.807) is 0 Å². The van der Waals surface area contributed by atoms with Crippen molar-refractivity contribution in [2.24, 2.45) is 0 Å². The normalized spacial score (nSPS) is 11.5. The number of esters is 1. The third kappa shape index (κ3) is 62.4. The zero-order valence-corrected chi connectivity index (χ0v) is 40.8. The van der Waals surface area contributed by atoms with E-state index >= 15 is 0 Å². The maximum Gasteiger partial charge on any atom is 0.330 e. The second-order valence-electron chi connectivity index (χ2n) is 13.2. The van der Waals surface area contributed by atoms with E-state index in [0.717, 1.165) is 6.08 Å². The fourth-order valence-electron chi connectivity index (χ4n) is 4.58. The highest BCUT2D eigenvalue weighted by atomic mass is 16.6.